The molecule has 2 unspecified atom stereocenters. The van der Waals surface area contributed by atoms with Crippen LogP contribution in [0.15, 0.2) is 24.3 Å². The molecule has 1 aromatic heterocycles. The zero-order valence-corrected chi connectivity index (χ0v) is 15.4. The van der Waals surface area contributed by atoms with E-state index in [-0.39, 0.29) is 16.4 Å². The number of H-pyrrole nitrogens is 1. The molecule has 24 heavy (non-hydrogen) atoms. The van der Waals surface area contributed by atoms with Crippen LogP contribution in [-0.2, 0) is 4.79 Å². The van der Waals surface area contributed by atoms with Crippen molar-refractivity contribution in [3.8, 4) is 0 Å². The highest BCUT2D eigenvalue weighted by Crippen LogP contribution is 2.44. The molecule has 6 heteroatoms. The number of aromatic amines is 1. The fourth-order valence-corrected chi connectivity index (χ4v) is 4.43. The van der Waals surface area contributed by atoms with E-state index in [4.69, 9.17) is 0 Å². The smallest absolute Gasteiger partial charge is 0.238 e. The molecule has 0 bridgehead atoms. The van der Waals surface area contributed by atoms with Crippen molar-refractivity contribution >= 4 is 29.2 Å². The molecule has 0 saturated heterocycles. The minimum Gasteiger partial charge on any atom is -0.372 e. The molecule has 1 aromatic carbocycles. The maximum absolute atomic E-state index is 12.2. The Bertz CT molecular complexity index is 721. The number of benzene rings is 1. The van der Waals surface area contributed by atoms with Crippen LogP contribution in [0.5, 0.6) is 0 Å². The minimum absolute atomic E-state index is 0.00927. The number of amides is 1. The summed E-state index contributed by atoms with van der Waals surface area (Å²) < 4.78 is 0. The normalized spacial score (nSPS) is 20.2. The first-order valence-corrected chi connectivity index (χ1v) is 9.35. The predicted molar refractivity (Wildman–Crippen MR) is 101 cm³/mol. The molecular formula is C18H24N4OS. The number of anilines is 2. The van der Waals surface area contributed by atoms with E-state index in [2.05, 4.69) is 58.5 Å². The van der Waals surface area contributed by atoms with E-state index in [0.717, 1.165) is 24.3 Å². The molecule has 0 spiro atoms. The Morgan fingerprint density at radius 2 is 1.88 bits per heavy atom. The summed E-state index contributed by atoms with van der Waals surface area (Å²) in [5, 5.41) is 10.2. The van der Waals surface area contributed by atoms with Crippen LogP contribution >= 0.6 is 11.8 Å². The van der Waals surface area contributed by atoms with Gasteiger partial charge in [-0.25, -0.2) is 0 Å². The third-order valence-corrected chi connectivity index (χ3v) is 5.93. The quantitative estimate of drug-likeness (QED) is 0.887. The van der Waals surface area contributed by atoms with Crippen LogP contribution in [0, 0.1) is 6.92 Å². The number of fused-ring (bicyclic) bond motifs is 1. The minimum atomic E-state index is -0.119. The van der Waals surface area contributed by atoms with E-state index in [1.54, 1.807) is 11.8 Å². The van der Waals surface area contributed by atoms with Gasteiger partial charge in [-0.15, -0.1) is 11.8 Å². The Hall–Kier alpha value is -1.95. The second-order valence-corrected chi connectivity index (χ2v) is 7.47. The van der Waals surface area contributed by atoms with E-state index < -0.39 is 0 Å². The van der Waals surface area contributed by atoms with Gasteiger partial charge in [-0.1, -0.05) is 12.1 Å². The first-order chi connectivity index (χ1) is 11.5. The molecule has 3 rings (SSSR count). The SMILES string of the molecule is CCN(CC)c1ccc(C2SC(C)C(=O)Nc3n[nH]c(C)c32)cc1. The lowest BCUT2D eigenvalue weighted by Gasteiger charge is -2.23. The number of aromatic nitrogens is 2. The summed E-state index contributed by atoms with van der Waals surface area (Å²) in [5.74, 6) is 0.669. The second-order valence-electron chi connectivity index (χ2n) is 6.02. The Morgan fingerprint density at radius 3 is 2.50 bits per heavy atom. The first kappa shape index (κ1) is 16.9. The number of nitrogens with zero attached hydrogens (tertiary/aromatic N) is 2. The lowest BCUT2D eigenvalue weighted by Crippen LogP contribution is -2.21. The molecule has 1 amide bonds. The lowest BCUT2D eigenvalue weighted by atomic mass is 10.0. The number of aryl methyl sites for hydroxylation is 1. The third-order valence-electron chi connectivity index (χ3n) is 4.53. The second kappa shape index (κ2) is 6.89. The maximum atomic E-state index is 12.2. The van der Waals surface area contributed by atoms with Crippen LogP contribution in [0.1, 0.15) is 42.8 Å². The Balaban J connectivity index is 1.98. The third kappa shape index (κ3) is 3.02. The van der Waals surface area contributed by atoms with Crippen LogP contribution in [0.2, 0.25) is 0 Å². The van der Waals surface area contributed by atoms with Crippen molar-refractivity contribution in [2.75, 3.05) is 23.3 Å². The number of rotatable bonds is 4. The van der Waals surface area contributed by atoms with Gasteiger partial charge >= 0.3 is 0 Å². The number of thioether (sulfide) groups is 1. The van der Waals surface area contributed by atoms with Gasteiger partial charge in [0.25, 0.3) is 0 Å². The van der Waals surface area contributed by atoms with Gasteiger partial charge < -0.3 is 10.2 Å². The molecule has 2 heterocycles. The monoisotopic (exact) mass is 344 g/mol. The van der Waals surface area contributed by atoms with Crippen molar-refractivity contribution in [3.05, 3.63) is 41.1 Å². The van der Waals surface area contributed by atoms with Gasteiger partial charge in [-0.2, -0.15) is 5.10 Å². The molecule has 0 radical (unpaired) electrons. The molecule has 5 nitrogen and oxygen atoms in total. The van der Waals surface area contributed by atoms with E-state index in [0.29, 0.717) is 5.82 Å². The number of nitrogens with one attached hydrogen (secondary N) is 2. The molecule has 2 atom stereocenters. The first-order valence-electron chi connectivity index (χ1n) is 8.41. The van der Waals surface area contributed by atoms with E-state index >= 15 is 0 Å². The van der Waals surface area contributed by atoms with E-state index in [1.165, 1.54) is 11.3 Å². The van der Waals surface area contributed by atoms with Crippen LogP contribution in [0.25, 0.3) is 0 Å². The van der Waals surface area contributed by atoms with Crippen molar-refractivity contribution in [3.63, 3.8) is 0 Å². The van der Waals surface area contributed by atoms with Crippen molar-refractivity contribution < 1.29 is 4.79 Å². The maximum Gasteiger partial charge on any atom is 0.238 e. The fraction of sp³-hybridized carbons (Fsp3) is 0.444. The van der Waals surface area contributed by atoms with Gasteiger partial charge in [0.15, 0.2) is 5.82 Å². The van der Waals surface area contributed by atoms with Gasteiger partial charge in [0, 0.05) is 30.0 Å². The molecule has 1 aliphatic rings. The molecule has 2 N–H and O–H groups in total. The number of hydrogen-bond acceptors (Lipinski definition) is 4. The topological polar surface area (TPSA) is 61.0 Å². The summed E-state index contributed by atoms with van der Waals surface area (Å²) >= 11 is 1.67. The lowest BCUT2D eigenvalue weighted by molar-refractivity contribution is -0.115. The van der Waals surface area contributed by atoms with Crippen LogP contribution in [0.3, 0.4) is 0 Å². The van der Waals surface area contributed by atoms with Crippen molar-refractivity contribution in [2.45, 2.75) is 38.2 Å². The molecule has 0 aliphatic carbocycles. The average Bonchev–Trinajstić information content (AvgIpc) is 2.88. The molecule has 2 aromatic rings. The zero-order valence-electron chi connectivity index (χ0n) is 14.6. The van der Waals surface area contributed by atoms with Crippen molar-refractivity contribution in [1.29, 1.82) is 0 Å². The standard InChI is InChI=1S/C18H24N4OS/c1-5-22(6-2)14-9-7-13(8-10-14)16-15-11(3)20-21-17(15)19-18(23)12(4)24-16/h7-10,12,16H,5-6H2,1-4H3,(H2,19,20,21,23). The largest absolute Gasteiger partial charge is 0.372 e. The van der Waals surface area contributed by atoms with Crippen LogP contribution in [-0.4, -0.2) is 34.4 Å². The van der Waals surface area contributed by atoms with Gasteiger partial charge in [-0.3, -0.25) is 9.89 Å². The summed E-state index contributed by atoms with van der Waals surface area (Å²) in [5.41, 5.74) is 4.51. The van der Waals surface area contributed by atoms with Crippen LogP contribution in [0.4, 0.5) is 11.5 Å². The van der Waals surface area contributed by atoms with E-state index in [1.807, 2.05) is 13.8 Å². The fourth-order valence-electron chi connectivity index (χ4n) is 3.10. The Labute approximate surface area is 147 Å². The molecule has 128 valence electrons. The van der Waals surface area contributed by atoms with Gasteiger partial charge in [0.05, 0.1) is 10.5 Å². The average molecular weight is 344 g/mol. The highest BCUT2D eigenvalue weighted by atomic mass is 32.2. The molecule has 1 aliphatic heterocycles. The highest BCUT2D eigenvalue weighted by Gasteiger charge is 2.32. The van der Waals surface area contributed by atoms with Crippen molar-refractivity contribution in [2.24, 2.45) is 0 Å². The summed E-state index contributed by atoms with van der Waals surface area (Å²) in [4.78, 5) is 14.5. The van der Waals surface area contributed by atoms with Crippen LogP contribution < -0.4 is 10.2 Å². The van der Waals surface area contributed by atoms with Gasteiger partial charge in [0.2, 0.25) is 5.91 Å². The van der Waals surface area contributed by atoms with Gasteiger partial charge in [-0.05, 0) is 45.4 Å². The number of carbonyl (C=O) groups is 1. The summed E-state index contributed by atoms with van der Waals surface area (Å²) in [6, 6.07) is 8.68. The zero-order chi connectivity index (χ0) is 17.3. The predicted octanol–water partition coefficient (Wildman–Crippen LogP) is 3.73. The Kier molecular flexibility index (Phi) is 4.85. The molecule has 0 saturated carbocycles. The number of carbonyl (C=O) groups excluding carboxylic acids is 1. The summed E-state index contributed by atoms with van der Waals surface area (Å²) in [6.07, 6.45) is 0. The Morgan fingerprint density at radius 1 is 1.21 bits per heavy atom. The van der Waals surface area contributed by atoms with Crippen molar-refractivity contribution in [1.82, 2.24) is 10.2 Å². The summed E-state index contributed by atoms with van der Waals surface area (Å²) in [7, 11) is 0. The highest BCUT2D eigenvalue weighted by molar-refractivity contribution is 8.01. The summed E-state index contributed by atoms with van der Waals surface area (Å²) in [6.45, 7) is 10.3. The number of hydrogen-bond donors (Lipinski definition) is 2. The molecule has 0 fully saturated rings. The van der Waals surface area contributed by atoms with Gasteiger partial charge in [0.1, 0.15) is 0 Å². The van der Waals surface area contributed by atoms with E-state index in [9.17, 15) is 4.79 Å². The molecular weight excluding hydrogens is 320 g/mol.